The van der Waals surface area contributed by atoms with Crippen LogP contribution in [0.3, 0.4) is 0 Å². The van der Waals surface area contributed by atoms with Gasteiger partial charge in [-0.25, -0.2) is 13.3 Å². The van der Waals surface area contributed by atoms with Crippen molar-refractivity contribution in [3.63, 3.8) is 0 Å². The molecular formula is C14H18FNO2S. The maximum absolute atomic E-state index is 13.1. The standard InChI is InChI=1S/C14H18FNO2S/c1-9(16-19(17)14(2,3)4)12-7-10-5-6-11(15)8-13(10)18-12/h5-9,16H,1-4H3/t9-,19?/m1/s1. The number of nitrogens with one attached hydrogen (secondary N) is 1. The number of halogens is 1. The molecule has 0 saturated carbocycles. The molecule has 0 bridgehead atoms. The van der Waals surface area contributed by atoms with Gasteiger partial charge in [0.05, 0.1) is 21.8 Å². The van der Waals surface area contributed by atoms with Crippen LogP contribution in [0.2, 0.25) is 0 Å². The average molecular weight is 283 g/mol. The van der Waals surface area contributed by atoms with Crippen molar-refractivity contribution >= 4 is 22.0 Å². The molecule has 5 heteroatoms. The SMILES string of the molecule is C[C@@H](NS(=O)C(C)(C)C)c1cc2ccc(F)cc2o1. The first-order chi connectivity index (χ1) is 8.77. The van der Waals surface area contributed by atoms with Crippen LogP contribution in [0.4, 0.5) is 4.39 Å². The summed E-state index contributed by atoms with van der Waals surface area (Å²) in [5, 5.41) is 0.839. The largest absolute Gasteiger partial charge is 0.459 e. The number of hydrogen-bond donors (Lipinski definition) is 1. The summed E-state index contributed by atoms with van der Waals surface area (Å²) in [5.41, 5.74) is 0.505. The molecule has 0 aliphatic heterocycles. The lowest BCUT2D eigenvalue weighted by molar-refractivity contribution is 0.490. The zero-order valence-electron chi connectivity index (χ0n) is 11.5. The van der Waals surface area contributed by atoms with Crippen molar-refractivity contribution < 1.29 is 13.0 Å². The zero-order chi connectivity index (χ0) is 14.2. The third kappa shape index (κ3) is 3.22. The first-order valence-corrected chi connectivity index (χ1v) is 7.29. The van der Waals surface area contributed by atoms with Gasteiger partial charge in [-0.3, -0.25) is 0 Å². The lowest BCUT2D eigenvalue weighted by atomic mass is 10.2. The molecule has 0 spiro atoms. The summed E-state index contributed by atoms with van der Waals surface area (Å²) >= 11 is 0. The van der Waals surface area contributed by atoms with Gasteiger partial charge in [-0.05, 0) is 45.9 Å². The Morgan fingerprint density at radius 2 is 2.00 bits per heavy atom. The summed E-state index contributed by atoms with van der Waals surface area (Å²) in [6, 6.07) is 6.06. The highest BCUT2D eigenvalue weighted by Crippen LogP contribution is 2.25. The van der Waals surface area contributed by atoms with E-state index >= 15 is 0 Å². The Hall–Kier alpha value is -1.20. The van der Waals surface area contributed by atoms with E-state index in [1.807, 2.05) is 33.8 Å². The molecule has 104 valence electrons. The highest BCUT2D eigenvalue weighted by atomic mass is 32.2. The maximum atomic E-state index is 13.1. The predicted molar refractivity (Wildman–Crippen MR) is 75.6 cm³/mol. The van der Waals surface area contributed by atoms with Crippen molar-refractivity contribution in [3.05, 3.63) is 35.8 Å². The number of fused-ring (bicyclic) bond motifs is 1. The van der Waals surface area contributed by atoms with E-state index in [4.69, 9.17) is 4.42 Å². The number of hydrogen-bond acceptors (Lipinski definition) is 2. The lowest BCUT2D eigenvalue weighted by Crippen LogP contribution is -2.34. The fourth-order valence-electron chi connectivity index (χ4n) is 1.63. The van der Waals surface area contributed by atoms with E-state index in [-0.39, 0.29) is 16.6 Å². The minimum atomic E-state index is -1.18. The summed E-state index contributed by atoms with van der Waals surface area (Å²) < 4.78 is 33.3. The molecule has 1 unspecified atom stereocenters. The van der Waals surface area contributed by atoms with E-state index in [0.717, 1.165) is 5.39 Å². The smallest absolute Gasteiger partial charge is 0.137 e. The van der Waals surface area contributed by atoms with Crippen molar-refractivity contribution in [3.8, 4) is 0 Å². The summed E-state index contributed by atoms with van der Waals surface area (Å²) in [5.74, 6) is 0.325. The molecule has 0 radical (unpaired) electrons. The van der Waals surface area contributed by atoms with E-state index in [1.54, 1.807) is 6.07 Å². The number of benzene rings is 1. The molecule has 1 aromatic heterocycles. The molecule has 0 fully saturated rings. The summed E-state index contributed by atoms with van der Waals surface area (Å²) in [6.45, 7) is 7.57. The van der Waals surface area contributed by atoms with Gasteiger partial charge in [0.15, 0.2) is 0 Å². The van der Waals surface area contributed by atoms with Crippen LogP contribution in [0.1, 0.15) is 39.5 Å². The highest BCUT2D eigenvalue weighted by molar-refractivity contribution is 7.84. The van der Waals surface area contributed by atoms with Crippen molar-refractivity contribution in [2.75, 3.05) is 0 Å². The molecular weight excluding hydrogens is 265 g/mol. The third-order valence-electron chi connectivity index (χ3n) is 2.77. The number of furan rings is 1. The fraction of sp³-hybridized carbons (Fsp3) is 0.429. The van der Waals surface area contributed by atoms with Gasteiger partial charge < -0.3 is 4.42 Å². The molecule has 19 heavy (non-hydrogen) atoms. The summed E-state index contributed by atoms with van der Waals surface area (Å²) in [6.07, 6.45) is 0. The van der Waals surface area contributed by atoms with Crippen LogP contribution in [0.25, 0.3) is 11.0 Å². The lowest BCUT2D eigenvalue weighted by Gasteiger charge is -2.20. The Morgan fingerprint density at radius 1 is 1.32 bits per heavy atom. The van der Waals surface area contributed by atoms with Crippen LogP contribution in [0, 0.1) is 5.82 Å². The molecule has 1 aromatic carbocycles. The molecule has 0 saturated heterocycles. The fourth-order valence-corrected chi connectivity index (χ4v) is 2.43. The Kier molecular flexibility index (Phi) is 3.78. The average Bonchev–Trinajstić information content (AvgIpc) is 2.70. The monoisotopic (exact) mass is 283 g/mol. The van der Waals surface area contributed by atoms with Crippen molar-refractivity contribution in [1.82, 2.24) is 4.72 Å². The van der Waals surface area contributed by atoms with Gasteiger partial charge in [0.2, 0.25) is 0 Å². The first kappa shape index (κ1) is 14.2. The van der Waals surface area contributed by atoms with E-state index in [1.165, 1.54) is 12.1 Å². The van der Waals surface area contributed by atoms with E-state index in [2.05, 4.69) is 4.72 Å². The summed E-state index contributed by atoms with van der Waals surface area (Å²) in [4.78, 5) is 0. The molecule has 1 heterocycles. The molecule has 1 N–H and O–H groups in total. The zero-order valence-corrected chi connectivity index (χ0v) is 12.3. The second-order valence-corrected chi connectivity index (χ2v) is 7.55. The molecule has 0 aliphatic rings. The minimum absolute atomic E-state index is 0.199. The van der Waals surface area contributed by atoms with Crippen LogP contribution < -0.4 is 4.72 Å². The predicted octanol–water partition coefficient (Wildman–Crippen LogP) is 3.68. The highest BCUT2D eigenvalue weighted by Gasteiger charge is 2.23. The van der Waals surface area contributed by atoms with E-state index in [9.17, 15) is 8.60 Å². The Balaban J connectivity index is 2.22. The van der Waals surface area contributed by atoms with Crippen molar-refractivity contribution in [1.29, 1.82) is 0 Å². The molecule has 3 nitrogen and oxygen atoms in total. The van der Waals surface area contributed by atoms with Crippen LogP contribution in [0.15, 0.2) is 28.7 Å². The minimum Gasteiger partial charge on any atom is -0.459 e. The van der Waals surface area contributed by atoms with Gasteiger partial charge in [0, 0.05) is 11.5 Å². The van der Waals surface area contributed by atoms with Crippen molar-refractivity contribution in [2.45, 2.75) is 38.5 Å². The third-order valence-corrected chi connectivity index (χ3v) is 4.45. The van der Waals surface area contributed by atoms with Crippen LogP contribution in [0.5, 0.6) is 0 Å². The molecule has 2 aromatic rings. The van der Waals surface area contributed by atoms with Crippen LogP contribution >= 0.6 is 0 Å². The van der Waals surface area contributed by atoms with E-state index < -0.39 is 11.0 Å². The Bertz CT molecular complexity index is 615. The molecule has 2 atom stereocenters. The topological polar surface area (TPSA) is 42.2 Å². The molecule has 2 rings (SSSR count). The second kappa shape index (κ2) is 5.06. The quantitative estimate of drug-likeness (QED) is 0.933. The van der Waals surface area contributed by atoms with Gasteiger partial charge in [0.1, 0.15) is 17.2 Å². The Morgan fingerprint density at radius 3 is 2.63 bits per heavy atom. The second-order valence-electron chi connectivity index (χ2n) is 5.55. The molecule has 0 aliphatic carbocycles. The van der Waals surface area contributed by atoms with Gasteiger partial charge in [-0.1, -0.05) is 0 Å². The van der Waals surface area contributed by atoms with Gasteiger partial charge in [-0.2, -0.15) is 0 Å². The van der Waals surface area contributed by atoms with Gasteiger partial charge in [0.25, 0.3) is 0 Å². The molecule has 0 amide bonds. The summed E-state index contributed by atoms with van der Waals surface area (Å²) in [7, 11) is -1.18. The van der Waals surface area contributed by atoms with Crippen LogP contribution in [-0.4, -0.2) is 8.96 Å². The normalized spacial score (nSPS) is 15.6. The van der Waals surface area contributed by atoms with Gasteiger partial charge in [-0.15, -0.1) is 0 Å². The first-order valence-electron chi connectivity index (χ1n) is 6.14. The van der Waals surface area contributed by atoms with Crippen LogP contribution in [-0.2, 0) is 11.0 Å². The van der Waals surface area contributed by atoms with E-state index in [0.29, 0.717) is 11.3 Å². The maximum Gasteiger partial charge on any atom is 0.137 e. The van der Waals surface area contributed by atoms with Gasteiger partial charge >= 0.3 is 0 Å². The Labute approximate surface area is 114 Å². The number of rotatable bonds is 3. The van der Waals surface area contributed by atoms with Crippen molar-refractivity contribution in [2.24, 2.45) is 0 Å².